The molecule has 332 valence electrons. The van der Waals surface area contributed by atoms with E-state index >= 15 is 0 Å². The van der Waals surface area contributed by atoms with Crippen molar-refractivity contribution in [2.24, 2.45) is 5.73 Å². The summed E-state index contributed by atoms with van der Waals surface area (Å²) in [5, 5.41) is 76.7. The maximum Gasteiger partial charge on any atom is 0.326 e. The molecule has 4 amide bonds. The average molecular weight is 868 g/mol. The monoisotopic (exact) mass is 867 g/mol. The fourth-order valence-electron chi connectivity index (χ4n) is 5.81. The highest BCUT2D eigenvalue weighted by Gasteiger charge is 2.30. The molecule has 7 atom stereocenters. The van der Waals surface area contributed by atoms with Crippen LogP contribution in [0.1, 0.15) is 71.6 Å². The van der Waals surface area contributed by atoms with E-state index in [1.165, 1.54) is 11.3 Å². The van der Waals surface area contributed by atoms with Crippen LogP contribution in [0.3, 0.4) is 0 Å². The van der Waals surface area contributed by atoms with Crippen LogP contribution in [-0.2, 0) is 36.8 Å². The standard InChI is InChI=1S/C36H53N9O14S/c37-20(8-11-27(50)40-15-23(47)28(51)29(52)24(48)16-46)32(54)42-21(34(56)57)6-1-2-13-39-26(49)12-9-22(35(58)59)43-33(55)25-10-7-18(60-25)5-3-4-17-14-19-30(41-17)44-36(38)45-31(19)53/h7,10,14,20-24,28-29,46-48,51-52H,1-6,8-9,11-13,15-16,37H2,(H,39,49)(H,40,50)(H,42,54)(H,43,55)(H,56,57)(H,58,59)(H4,38,41,44,45,53). The number of nitrogens with one attached hydrogen (secondary N) is 6. The molecule has 3 aromatic heterocycles. The van der Waals surface area contributed by atoms with E-state index in [0.29, 0.717) is 41.6 Å². The molecule has 3 aromatic rings. The van der Waals surface area contributed by atoms with E-state index in [0.717, 1.165) is 10.6 Å². The number of aliphatic hydroxyl groups excluding tert-OH is 5. The number of hydrogen-bond donors (Lipinski definition) is 15. The number of aliphatic carboxylic acids is 2. The van der Waals surface area contributed by atoms with Crippen molar-refractivity contribution in [2.75, 3.05) is 25.4 Å². The number of nitrogens with two attached hydrogens (primary N) is 2. The second-order valence-corrected chi connectivity index (χ2v) is 15.2. The second kappa shape index (κ2) is 23.9. The quantitative estimate of drug-likeness (QED) is 0.0331. The Morgan fingerprint density at radius 3 is 2.13 bits per heavy atom. The SMILES string of the molecule is Nc1nc2[nH]c(CCCc3ccc(C(=O)NC(CCC(=O)NCCCCC(NC(=O)C(N)CCC(=O)NCC(O)C(O)C(O)C(O)CO)C(=O)O)C(=O)O)s3)cc2c(=O)[nH]1. The van der Waals surface area contributed by atoms with Gasteiger partial charge in [0, 0.05) is 36.5 Å². The lowest BCUT2D eigenvalue weighted by Gasteiger charge is -2.25. The first kappa shape index (κ1) is 48.9. The van der Waals surface area contributed by atoms with Crippen molar-refractivity contribution >= 4 is 63.9 Å². The van der Waals surface area contributed by atoms with E-state index in [1.54, 1.807) is 18.2 Å². The van der Waals surface area contributed by atoms with Crippen LogP contribution >= 0.6 is 11.3 Å². The van der Waals surface area contributed by atoms with Gasteiger partial charge in [-0.25, -0.2) is 9.59 Å². The Bertz CT molecular complexity index is 1990. The Morgan fingerprint density at radius 2 is 1.45 bits per heavy atom. The Morgan fingerprint density at radius 1 is 0.800 bits per heavy atom. The van der Waals surface area contributed by atoms with Gasteiger partial charge in [0.2, 0.25) is 23.7 Å². The number of nitrogens with zero attached hydrogens (tertiary/aromatic N) is 1. The zero-order valence-electron chi connectivity index (χ0n) is 32.5. The van der Waals surface area contributed by atoms with E-state index in [1.807, 2.05) is 0 Å². The lowest BCUT2D eigenvalue weighted by Crippen LogP contribution is -2.50. The van der Waals surface area contributed by atoms with Crippen LogP contribution < -0.4 is 38.3 Å². The van der Waals surface area contributed by atoms with Gasteiger partial charge in [0.05, 0.1) is 29.0 Å². The highest BCUT2D eigenvalue weighted by molar-refractivity contribution is 7.14. The minimum Gasteiger partial charge on any atom is -0.480 e. The first-order chi connectivity index (χ1) is 28.4. The molecule has 23 nitrogen and oxygen atoms in total. The number of unbranched alkanes of at least 4 members (excludes halogenated alkanes) is 1. The molecule has 0 aliphatic heterocycles. The molecule has 3 rings (SSSR count). The number of carbonyl (C=O) groups is 6. The van der Waals surface area contributed by atoms with Crippen molar-refractivity contribution in [2.45, 2.75) is 107 Å². The van der Waals surface area contributed by atoms with Crippen molar-refractivity contribution in [3.05, 3.63) is 44.0 Å². The lowest BCUT2D eigenvalue weighted by atomic mass is 10.0. The number of hydrogen-bond acceptors (Lipinski definition) is 16. The van der Waals surface area contributed by atoms with Crippen molar-refractivity contribution in [3.63, 3.8) is 0 Å². The van der Waals surface area contributed by atoms with Crippen molar-refractivity contribution < 1.29 is 64.5 Å². The third-order valence-corrected chi connectivity index (χ3v) is 10.4. The second-order valence-electron chi connectivity index (χ2n) is 14.0. The summed E-state index contributed by atoms with van der Waals surface area (Å²) in [5.41, 5.74) is 12.2. The van der Waals surface area contributed by atoms with E-state index < -0.39 is 91.3 Å². The summed E-state index contributed by atoms with van der Waals surface area (Å²) in [7, 11) is 0. The van der Waals surface area contributed by atoms with Gasteiger partial charge in [-0.15, -0.1) is 11.3 Å². The molecule has 17 N–H and O–H groups in total. The fourth-order valence-corrected chi connectivity index (χ4v) is 6.76. The highest BCUT2D eigenvalue weighted by Crippen LogP contribution is 2.20. The van der Waals surface area contributed by atoms with Crippen LogP contribution in [0.5, 0.6) is 0 Å². The van der Waals surface area contributed by atoms with E-state index in [9.17, 15) is 64.2 Å². The number of thiophene rings is 1. The van der Waals surface area contributed by atoms with Gasteiger partial charge in [0.1, 0.15) is 36.0 Å². The lowest BCUT2D eigenvalue weighted by molar-refractivity contribution is -0.142. The number of carbonyl (C=O) groups excluding carboxylic acids is 4. The molecule has 0 aliphatic carbocycles. The van der Waals surface area contributed by atoms with E-state index in [2.05, 4.69) is 36.2 Å². The molecular weight excluding hydrogens is 815 g/mol. The number of H-pyrrole nitrogens is 2. The predicted molar refractivity (Wildman–Crippen MR) is 213 cm³/mol. The van der Waals surface area contributed by atoms with Gasteiger partial charge in [-0.2, -0.15) is 4.98 Å². The molecule has 0 aliphatic rings. The number of anilines is 1. The summed E-state index contributed by atoms with van der Waals surface area (Å²) in [5.74, 6) is -5.28. The van der Waals surface area contributed by atoms with Crippen molar-refractivity contribution in [1.29, 1.82) is 0 Å². The molecule has 0 aromatic carbocycles. The largest absolute Gasteiger partial charge is 0.480 e. The maximum atomic E-state index is 12.8. The van der Waals surface area contributed by atoms with Gasteiger partial charge in [0.25, 0.3) is 11.5 Å². The normalized spacial score (nSPS) is 14.9. The number of fused-ring (bicyclic) bond motifs is 1. The van der Waals surface area contributed by atoms with E-state index in [4.69, 9.17) is 16.6 Å². The summed E-state index contributed by atoms with van der Waals surface area (Å²) in [6.07, 6.45) is -5.69. The minimum atomic E-state index is -1.88. The zero-order chi connectivity index (χ0) is 44.5. The molecular formula is C36H53N9O14S. The van der Waals surface area contributed by atoms with Gasteiger partial charge in [-0.1, -0.05) is 0 Å². The van der Waals surface area contributed by atoms with Crippen LogP contribution in [0.25, 0.3) is 11.0 Å². The molecule has 0 saturated carbocycles. The Hall–Kier alpha value is -5.50. The molecule has 24 heteroatoms. The highest BCUT2D eigenvalue weighted by atomic mass is 32.1. The zero-order valence-corrected chi connectivity index (χ0v) is 33.3. The Kier molecular flexibility index (Phi) is 19.5. The molecule has 3 heterocycles. The number of carboxylic acids is 2. The number of aromatic nitrogens is 3. The van der Waals surface area contributed by atoms with Crippen LogP contribution in [0.2, 0.25) is 0 Å². The molecule has 0 bridgehead atoms. The molecule has 0 spiro atoms. The summed E-state index contributed by atoms with van der Waals surface area (Å²) in [4.78, 5) is 96.3. The number of aryl methyl sites for hydroxylation is 2. The van der Waals surface area contributed by atoms with Gasteiger partial charge < -0.3 is 73.5 Å². The fraction of sp³-hybridized carbons (Fsp3) is 0.556. The van der Waals surface area contributed by atoms with Crippen LogP contribution in [0.15, 0.2) is 23.0 Å². The molecule has 0 radical (unpaired) electrons. The molecule has 7 unspecified atom stereocenters. The predicted octanol–water partition coefficient (Wildman–Crippen LogP) is -3.45. The van der Waals surface area contributed by atoms with E-state index in [-0.39, 0.29) is 56.6 Å². The number of aliphatic hydroxyl groups is 5. The van der Waals surface area contributed by atoms with Crippen LogP contribution in [0, 0.1) is 0 Å². The topological polar surface area (TPSA) is 406 Å². The maximum absolute atomic E-state index is 12.8. The summed E-state index contributed by atoms with van der Waals surface area (Å²) >= 11 is 1.21. The number of carboxylic acid groups (broad SMARTS) is 2. The molecule has 60 heavy (non-hydrogen) atoms. The van der Waals surface area contributed by atoms with Gasteiger partial charge in [-0.05, 0) is 69.6 Å². The molecule has 0 fully saturated rings. The minimum absolute atomic E-state index is 0.00764. The van der Waals surface area contributed by atoms with Gasteiger partial charge >= 0.3 is 11.9 Å². The summed E-state index contributed by atoms with van der Waals surface area (Å²) < 4.78 is 0. The Labute approximate surface area is 346 Å². The summed E-state index contributed by atoms with van der Waals surface area (Å²) in [6.45, 7) is -1.29. The molecule has 0 saturated heterocycles. The number of rotatable bonds is 27. The van der Waals surface area contributed by atoms with Crippen molar-refractivity contribution in [1.82, 2.24) is 36.2 Å². The smallest absolute Gasteiger partial charge is 0.326 e. The number of amides is 4. The van der Waals surface area contributed by atoms with Gasteiger partial charge in [0.15, 0.2) is 0 Å². The van der Waals surface area contributed by atoms with Gasteiger partial charge in [-0.3, -0.25) is 29.0 Å². The third-order valence-electron chi connectivity index (χ3n) is 9.30. The number of aromatic amines is 2. The van der Waals surface area contributed by atoms with Crippen LogP contribution in [0.4, 0.5) is 5.95 Å². The van der Waals surface area contributed by atoms with Crippen LogP contribution in [-0.4, -0.2) is 149 Å². The first-order valence-corrected chi connectivity index (χ1v) is 19.9. The summed E-state index contributed by atoms with van der Waals surface area (Å²) in [6, 6.07) is 1.10. The average Bonchev–Trinajstić information content (AvgIpc) is 3.86. The van der Waals surface area contributed by atoms with Crippen molar-refractivity contribution in [3.8, 4) is 0 Å². The third kappa shape index (κ3) is 15.6. The number of nitrogen functional groups attached to an aromatic ring is 1. The first-order valence-electron chi connectivity index (χ1n) is 19.0. The Balaban J connectivity index is 1.32.